The van der Waals surface area contributed by atoms with Crippen molar-refractivity contribution in [3.63, 3.8) is 0 Å². The van der Waals surface area contributed by atoms with E-state index in [4.69, 9.17) is 16.0 Å². The van der Waals surface area contributed by atoms with E-state index >= 15 is 0 Å². The second-order valence-corrected chi connectivity index (χ2v) is 8.72. The summed E-state index contributed by atoms with van der Waals surface area (Å²) < 4.78 is 6.53. The number of benzene rings is 2. The van der Waals surface area contributed by atoms with Gasteiger partial charge in [-0.25, -0.2) is 0 Å². The highest BCUT2D eigenvalue weighted by Gasteiger charge is 2.19. The lowest BCUT2D eigenvalue weighted by Crippen LogP contribution is -2.10. The Bertz CT molecular complexity index is 1120. The Labute approximate surface area is 175 Å². The molecule has 2 aromatic heterocycles. The number of hydrogen-bond donors (Lipinski definition) is 1. The van der Waals surface area contributed by atoms with Crippen LogP contribution >= 0.6 is 34.7 Å². The molecule has 0 atom stereocenters. The number of hydrogen-bond acceptors (Lipinski definition) is 6. The maximum atomic E-state index is 12.6. The van der Waals surface area contributed by atoms with Crippen molar-refractivity contribution in [1.29, 1.82) is 0 Å². The highest BCUT2D eigenvalue weighted by atomic mass is 35.5. The van der Waals surface area contributed by atoms with Gasteiger partial charge in [0.1, 0.15) is 4.88 Å². The minimum absolute atomic E-state index is 0.0617. The van der Waals surface area contributed by atoms with Gasteiger partial charge < -0.3 is 4.42 Å². The molecule has 1 amide bonds. The zero-order valence-corrected chi connectivity index (χ0v) is 17.3. The Hall–Kier alpha value is -2.35. The summed E-state index contributed by atoms with van der Waals surface area (Å²) in [5.41, 5.74) is 1.06. The summed E-state index contributed by atoms with van der Waals surface area (Å²) in [4.78, 5) is 14.2. The summed E-state index contributed by atoms with van der Waals surface area (Å²) >= 11 is 9.47. The number of nitrogens with zero attached hydrogens (tertiary/aromatic N) is 2. The number of carbonyl (C=O) groups excluding carboxylic acids is 1. The molecule has 0 aliphatic carbocycles. The predicted octanol–water partition coefficient (Wildman–Crippen LogP) is 5.89. The summed E-state index contributed by atoms with van der Waals surface area (Å²) in [6, 6.07) is 15.9. The van der Waals surface area contributed by atoms with Crippen molar-refractivity contribution in [1.82, 2.24) is 10.2 Å². The standard InChI is InChI=1S/C20H16ClN3O2S2/c1-2-27-13-9-7-12(8-10-13)11-16-23-24-20(26-16)22-19(25)18-17(21)14-5-3-4-6-15(14)28-18/h3-10H,2,11H2,1H3,(H,22,24,25). The molecule has 1 N–H and O–H groups in total. The monoisotopic (exact) mass is 429 g/mol. The van der Waals surface area contributed by atoms with E-state index in [-0.39, 0.29) is 11.9 Å². The van der Waals surface area contributed by atoms with Crippen LogP contribution < -0.4 is 5.32 Å². The first-order valence-corrected chi connectivity index (χ1v) is 10.8. The number of nitrogens with one attached hydrogen (secondary N) is 1. The van der Waals surface area contributed by atoms with Crippen molar-refractivity contribution in [2.24, 2.45) is 0 Å². The molecule has 2 heterocycles. The molecule has 0 bridgehead atoms. The molecule has 0 radical (unpaired) electrons. The Balaban J connectivity index is 1.45. The number of thiophene rings is 1. The van der Waals surface area contributed by atoms with Gasteiger partial charge in [-0.2, -0.15) is 0 Å². The molecule has 0 aliphatic rings. The smallest absolute Gasteiger partial charge is 0.322 e. The summed E-state index contributed by atoms with van der Waals surface area (Å²) in [7, 11) is 0. The van der Waals surface area contributed by atoms with Crippen molar-refractivity contribution in [3.8, 4) is 0 Å². The van der Waals surface area contributed by atoms with Crippen LogP contribution in [0.4, 0.5) is 6.01 Å². The maximum absolute atomic E-state index is 12.6. The summed E-state index contributed by atoms with van der Waals surface area (Å²) in [6.07, 6.45) is 0.504. The molecule has 4 aromatic rings. The molecule has 2 aromatic carbocycles. The van der Waals surface area contributed by atoms with Gasteiger partial charge in [-0.3, -0.25) is 10.1 Å². The van der Waals surface area contributed by atoms with Crippen LogP contribution in [0.1, 0.15) is 28.0 Å². The Morgan fingerprint density at radius 2 is 1.96 bits per heavy atom. The molecule has 0 aliphatic heterocycles. The van der Waals surface area contributed by atoms with E-state index in [2.05, 4.69) is 34.6 Å². The Morgan fingerprint density at radius 3 is 2.71 bits per heavy atom. The highest BCUT2D eigenvalue weighted by molar-refractivity contribution is 7.99. The molecule has 5 nitrogen and oxygen atoms in total. The Kier molecular flexibility index (Phi) is 5.66. The molecule has 28 heavy (non-hydrogen) atoms. The lowest BCUT2D eigenvalue weighted by molar-refractivity contribution is 0.102. The van der Waals surface area contributed by atoms with E-state index in [0.717, 1.165) is 21.4 Å². The average molecular weight is 430 g/mol. The third-order valence-corrected chi connectivity index (χ3v) is 6.59. The van der Waals surface area contributed by atoms with Crippen molar-refractivity contribution in [3.05, 3.63) is 69.9 Å². The molecule has 0 spiro atoms. The van der Waals surface area contributed by atoms with Gasteiger partial charge in [-0.05, 0) is 29.5 Å². The summed E-state index contributed by atoms with van der Waals surface area (Å²) in [6.45, 7) is 2.12. The molecule has 8 heteroatoms. The highest BCUT2D eigenvalue weighted by Crippen LogP contribution is 2.35. The van der Waals surface area contributed by atoms with Crippen LogP contribution in [0.15, 0.2) is 57.8 Å². The van der Waals surface area contributed by atoms with Gasteiger partial charge in [-0.15, -0.1) is 28.2 Å². The first-order chi connectivity index (χ1) is 13.6. The molecule has 0 fully saturated rings. The van der Waals surface area contributed by atoms with E-state index in [0.29, 0.717) is 22.2 Å². The van der Waals surface area contributed by atoms with Crippen LogP contribution in [0, 0.1) is 0 Å². The van der Waals surface area contributed by atoms with Crippen molar-refractivity contribution < 1.29 is 9.21 Å². The zero-order valence-electron chi connectivity index (χ0n) is 14.9. The topological polar surface area (TPSA) is 68.0 Å². The number of fused-ring (bicyclic) bond motifs is 1. The van der Waals surface area contributed by atoms with E-state index in [1.54, 1.807) is 11.8 Å². The zero-order chi connectivity index (χ0) is 19.5. The SMILES string of the molecule is CCSc1ccc(Cc2nnc(NC(=O)c3sc4ccccc4c3Cl)o2)cc1. The van der Waals surface area contributed by atoms with Crippen molar-refractivity contribution >= 4 is 56.7 Å². The minimum atomic E-state index is -0.359. The third-order valence-electron chi connectivity index (χ3n) is 4.02. The molecule has 142 valence electrons. The predicted molar refractivity (Wildman–Crippen MR) is 115 cm³/mol. The quantitative estimate of drug-likeness (QED) is 0.387. The Morgan fingerprint density at radius 1 is 1.18 bits per heavy atom. The second kappa shape index (κ2) is 8.34. The number of thioether (sulfide) groups is 1. The van der Waals surface area contributed by atoms with Gasteiger partial charge in [0.15, 0.2) is 0 Å². The first-order valence-electron chi connectivity index (χ1n) is 8.66. The maximum Gasteiger partial charge on any atom is 0.322 e. The number of halogens is 1. The molecule has 0 saturated carbocycles. The molecule has 0 unspecified atom stereocenters. The number of rotatable bonds is 6. The van der Waals surface area contributed by atoms with Crippen LogP contribution in [-0.2, 0) is 6.42 Å². The fourth-order valence-corrected chi connectivity index (χ4v) is 4.81. The van der Waals surface area contributed by atoms with Gasteiger partial charge in [0.25, 0.3) is 5.91 Å². The van der Waals surface area contributed by atoms with Gasteiger partial charge in [-0.1, -0.05) is 54.0 Å². The number of aromatic nitrogens is 2. The van der Waals surface area contributed by atoms with Crippen LogP contribution in [0.2, 0.25) is 5.02 Å². The molecule has 4 rings (SSSR count). The van der Waals surface area contributed by atoms with E-state index in [1.807, 2.05) is 36.4 Å². The fourth-order valence-electron chi connectivity index (χ4n) is 2.73. The second-order valence-electron chi connectivity index (χ2n) is 5.95. The van der Waals surface area contributed by atoms with E-state index in [9.17, 15) is 4.79 Å². The number of amides is 1. The number of anilines is 1. The van der Waals surface area contributed by atoms with Gasteiger partial charge >= 0.3 is 6.01 Å². The minimum Gasteiger partial charge on any atom is -0.407 e. The van der Waals surface area contributed by atoms with Crippen molar-refractivity contribution in [2.75, 3.05) is 11.1 Å². The number of carbonyl (C=O) groups is 1. The van der Waals surface area contributed by atoms with E-state index < -0.39 is 0 Å². The lowest BCUT2D eigenvalue weighted by atomic mass is 10.1. The van der Waals surface area contributed by atoms with Crippen LogP contribution in [0.25, 0.3) is 10.1 Å². The van der Waals surface area contributed by atoms with Gasteiger partial charge in [0.05, 0.1) is 11.4 Å². The van der Waals surface area contributed by atoms with Gasteiger partial charge in [0.2, 0.25) is 5.89 Å². The van der Waals surface area contributed by atoms with E-state index in [1.165, 1.54) is 16.2 Å². The third kappa shape index (κ3) is 4.06. The average Bonchev–Trinajstić information content (AvgIpc) is 3.28. The van der Waals surface area contributed by atoms with Crippen LogP contribution in [0.3, 0.4) is 0 Å². The fraction of sp³-hybridized carbons (Fsp3) is 0.150. The van der Waals surface area contributed by atoms with Crippen molar-refractivity contribution in [2.45, 2.75) is 18.2 Å². The van der Waals surface area contributed by atoms with Gasteiger partial charge in [0, 0.05) is 15.0 Å². The summed E-state index contributed by atoms with van der Waals surface area (Å²) in [5, 5.41) is 11.9. The largest absolute Gasteiger partial charge is 0.407 e. The normalized spacial score (nSPS) is 11.1. The van der Waals surface area contributed by atoms with Crippen LogP contribution in [-0.4, -0.2) is 21.9 Å². The summed E-state index contributed by atoms with van der Waals surface area (Å²) in [5.74, 6) is 1.12. The first kappa shape index (κ1) is 19.0. The van der Waals surface area contributed by atoms with Crippen LogP contribution in [0.5, 0.6) is 0 Å². The lowest BCUT2D eigenvalue weighted by Gasteiger charge is -2.01. The molecule has 0 saturated heterocycles. The molecular weight excluding hydrogens is 414 g/mol. The molecular formula is C20H16ClN3O2S2.